The Bertz CT molecular complexity index is 439. The quantitative estimate of drug-likeness (QED) is 0.663. The minimum atomic E-state index is -1.07. The van der Waals surface area contributed by atoms with E-state index in [2.05, 4.69) is 17.9 Å². The average Bonchev–Trinajstić information content (AvgIpc) is 2.33. The van der Waals surface area contributed by atoms with Crippen LogP contribution in [0.25, 0.3) is 0 Å². The van der Waals surface area contributed by atoms with Crippen molar-refractivity contribution in [3.63, 3.8) is 0 Å². The number of nitrogens with one attached hydrogen (secondary N) is 1. The van der Waals surface area contributed by atoms with E-state index in [-0.39, 0.29) is 12.5 Å². The third-order valence-corrected chi connectivity index (χ3v) is 2.70. The van der Waals surface area contributed by atoms with Crippen LogP contribution in [0.1, 0.15) is 6.93 Å². The van der Waals surface area contributed by atoms with E-state index in [9.17, 15) is 9.59 Å². The summed E-state index contributed by atoms with van der Waals surface area (Å²) in [5, 5.41) is 10.8. The van der Waals surface area contributed by atoms with Crippen LogP contribution >= 0.6 is 12.6 Å². The summed E-state index contributed by atoms with van der Waals surface area (Å²) in [4.78, 5) is 22.1. The topological polar surface area (TPSA) is 66.4 Å². The lowest BCUT2D eigenvalue weighted by atomic mass is 10.0. The van der Waals surface area contributed by atoms with Gasteiger partial charge in [-0.15, -0.1) is 0 Å². The Kier molecular flexibility index (Phi) is 4.90. The molecule has 2 N–H and O–H groups in total. The number of carbonyl (C=O) groups excluding carboxylic acids is 1. The van der Waals surface area contributed by atoms with E-state index in [1.165, 1.54) is 0 Å². The van der Waals surface area contributed by atoms with Crippen LogP contribution in [0.2, 0.25) is 0 Å². The first-order chi connectivity index (χ1) is 8.52. The van der Waals surface area contributed by atoms with Crippen LogP contribution < -0.4 is 5.32 Å². The highest BCUT2D eigenvalue weighted by Crippen LogP contribution is 2.10. The molecular weight excluding hydrogens is 238 g/mol. The van der Waals surface area contributed by atoms with Gasteiger partial charge in [-0.25, -0.2) is 0 Å². The Labute approximate surface area is 107 Å². The summed E-state index contributed by atoms with van der Waals surface area (Å²) in [7, 11) is 0. The highest BCUT2D eigenvalue weighted by molar-refractivity contribution is 7.80. The molecule has 1 rings (SSSR count). The Hall–Kier alpha value is -1.49. The van der Waals surface area contributed by atoms with Gasteiger partial charge in [0.2, 0.25) is 5.91 Å². The summed E-state index contributed by atoms with van der Waals surface area (Å²) in [6.45, 7) is -0.387. The van der Waals surface area contributed by atoms with Crippen LogP contribution in [0.15, 0.2) is 30.3 Å². The van der Waals surface area contributed by atoms with Gasteiger partial charge in [-0.3, -0.25) is 9.59 Å². The zero-order valence-electron chi connectivity index (χ0n) is 10.2. The maximum atomic E-state index is 11.7. The van der Waals surface area contributed by atoms with Crippen LogP contribution in [-0.4, -0.2) is 29.3 Å². The normalized spacial score (nSPS) is 12.6. The molecule has 0 fully saturated rings. The molecule has 0 aliphatic heterocycles. The van der Waals surface area contributed by atoms with E-state index >= 15 is 0 Å². The number of carboxylic acids is 1. The second kappa shape index (κ2) is 6.96. The largest absolute Gasteiger partial charge is 0.480 e. The molecule has 0 bridgehead atoms. The van der Waals surface area contributed by atoms with Crippen molar-refractivity contribution in [3.8, 4) is 0 Å². The maximum absolute atomic E-state index is 11.7. The van der Waals surface area contributed by atoms with Crippen LogP contribution in [0.3, 0.4) is 0 Å². The predicted molar refractivity (Wildman–Crippen MR) is 68.1 cm³/mol. The molecule has 92 valence electrons. The molecule has 1 amide bonds. The number of rotatable bonds is 6. The van der Waals surface area contributed by atoms with Gasteiger partial charge in [0.25, 0.3) is 0 Å². The smallest absolute Gasteiger partial charge is 0.322 e. The highest BCUT2D eigenvalue weighted by atomic mass is 32.1. The molecule has 0 saturated carbocycles. The second-order valence-corrected chi connectivity index (χ2v) is 3.97. The molecular formula is C12H15NO3S. The van der Waals surface area contributed by atoms with Crippen LogP contribution in [0.5, 0.6) is 0 Å². The fourth-order valence-electron chi connectivity index (χ4n) is 1.39. The van der Waals surface area contributed by atoms with Gasteiger partial charge in [-0.2, -0.15) is 12.6 Å². The van der Waals surface area contributed by atoms with Crippen molar-refractivity contribution in [2.75, 3.05) is 12.3 Å². The summed E-state index contributed by atoms with van der Waals surface area (Å²) in [6.07, 6.45) is 0.446. The molecule has 1 aromatic carbocycles. The molecule has 0 radical (unpaired) electrons. The Balaban J connectivity index is 2.61. The first-order valence-electron chi connectivity index (χ1n) is 5.69. The van der Waals surface area contributed by atoms with Crippen molar-refractivity contribution < 1.29 is 16.1 Å². The molecule has 0 aromatic heterocycles. The highest BCUT2D eigenvalue weighted by Gasteiger charge is 2.17. The van der Waals surface area contributed by atoms with Gasteiger partial charge in [0.05, 0.1) is 7.29 Å². The van der Waals surface area contributed by atoms with Crippen molar-refractivity contribution in [1.29, 1.82) is 0 Å². The molecule has 5 heteroatoms. The molecule has 1 unspecified atom stereocenters. The van der Waals surface area contributed by atoms with Gasteiger partial charge in [0.15, 0.2) is 0 Å². The van der Waals surface area contributed by atoms with E-state index in [1.807, 2.05) is 6.07 Å². The van der Waals surface area contributed by atoms with Crippen LogP contribution in [0, 0.1) is 5.92 Å². The number of benzene rings is 1. The van der Waals surface area contributed by atoms with E-state index in [0.29, 0.717) is 18.2 Å². The van der Waals surface area contributed by atoms with Crippen molar-refractivity contribution in [2.24, 2.45) is 5.92 Å². The van der Waals surface area contributed by atoms with Crippen molar-refractivity contribution >= 4 is 24.5 Å². The fraction of sp³-hybridized carbons (Fsp3) is 0.333. The van der Waals surface area contributed by atoms with Gasteiger partial charge in [-0.1, -0.05) is 30.3 Å². The summed E-state index contributed by atoms with van der Waals surface area (Å²) in [6, 6.07) is 7.31. The molecule has 0 heterocycles. The van der Waals surface area contributed by atoms with E-state index in [4.69, 9.17) is 6.48 Å². The Morgan fingerprint density at radius 2 is 2.24 bits per heavy atom. The average molecular weight is 254 g/mol. The monoisotopic (exact) mass is 254 g/mol. The molecule has 1 aromatic rings. The van der Waals surface area contributed by atoms with Crippen molar-refractivity contribution in [2.45, 2.75) is 6.42 Å². The van der Waals surface area contributed by atoms with Crippen molar-refractivity contribution in [1.82, 2.24) is 5.32 Å². The summed E-state index contributed by atoms with van der Waals surface area (Å²) in [5.74, 6) is -1.47. The number of hydrogen-bond acceptors (Lipinski definition) is 3. The van der Waals surface area contributed by atoms with E-state index < -0.39 is 11.9 Å². The molecule has 0 spiro atoms. The number of amides is 1. The first kappa shape index (κ1) is 12.0. The summed E-state index contributed by atoms with van der Waals surface area (Å²) < 4.78 is 7.48. The molecule has 1 atom stereocenters. The fourth-order valence-corrected chi connectivity index (χ4v) is 1.68. The molecule has 0 aliphatic carbocycles. The van der Waals surface area contributed by atoms with Gasteiger partial charge in [-0.05, 0) is 12.0 Å². The van der Waals surface area contributed by atoms with Gasteiger partial charge in [0, 0.05) is 5.75 Å². The van der Waals surface area contributed by atoms with Gasteiger partial charge < -0.3 is 10.4 Å². The third-order valence-electron chi connectivity index (χ3n) is 2.26. The van der Waals surface area contributed by atoms with Crippen LogP contribution in [-0.2, 0) is 16.0 Å². The standard InChI is InChI=1S/C12H15NO3S/c14-11(15)7-13-12(16)10(8-17)6-9-4-2-1-3-5-9/h1-5,10,17H,6-8H2,(H,13,16)(H,14,15)/i2D. The number of carboxylic acid groups (broad SMARTS) is 1. The molecule has 17 heavy (non-hydrogen) atoms. The summed E-state index contributed by atoms with van der Waals surface area (Å²) in [5.41, 5.74) is 0.868. The maximum Gasteiger partial charge on any atom is 0.322 e. The number of thiol groups is 1. The third kappa shape index (κ3) is 4.91. The number of carbonyl (C=O) groups is 2. The zero-order valence-corrected chi connectivity index (χ0v) is 10.1. The Morgan fingerprint density at radius 3 is 2.82 bits per heavy atom. The number of aliphatic carboxylic acids is 1. The molecule has 0 aliphatic rings. The molecule has 0 saturated heterocycles. The lowest BCUT2D eigenvalue weighted by molar-refractivity contribution is -0.138. The second-order valence-electron chi connectivity index (χ2n) is 3.61. The van der Waals surface area contributed by atoms with Crippen molar-refractivity contribution in [3.05, 3.63) is 35.9 Å². The van der Waals surface area contributed by atoms with Gasteiger partial charge in [0.1, 0.15) is 6.54 Å². The summed E-state index contributed by atoms with van der Waals surface area (Å²) >= 11 is 4.10. The zero-order chi connectivity index (χ0) is 13.5. The Morgan fingerprint density at radius 1 is 1.47 bits per heavy atom. The minimum Gasteiger partial charge on any atom is -0.480 e. The van der Waals surface area contributed by atoms with E-state index in [0.717, 1.165) is 5.56 Å². The predicted octanol–water partition coefficient (Wildman–Crippen LogP) is 0.976. The minimum absolute atomic E-state index is 0.327. The lowest BCUT2D eigenvalue weighted by Gasteiger charge is -2.13. The molecule has 4 nitrogen and oxygen atoms in total. The van der Waals surface area contributed by atoms with E-state index in [1.54, 1.807) is 18.2 Å². The van der Waals surface area contributed by atoms with Gasteiger partial charge >= 0.3 is 5.97 Å². The SMILES string of the molecule is [2H]c1cccc(CC(CS)C(=O)NCC(=O)O)c1. The number of hydrogen-bond donors (Lipinski definition) is 3. The van der Waals surface area contributed by atoms with Crippen LogP contribution in [0.4, 0.5) is 0 Å². The first-order valence-corrected chi connectivity index (χ1v) is 5.82. The lowest BCUT2D eigenvalue weighted by Crippen LogP contribution is -2.36.